The summed E-state index contributed by atoms with van der Waals surface area (Å²) in [6.45, 7) is 3.78. The van der Waals surface area contributed by atoms with E-state index in [0.717, 1.165) is 17.5 Å². The van der Waals surface area contributed by atoms with Crippen LogP contribution in [0.1, 0.15) is 49.0 Å². The molecular weight excluding hydrogens is 184 g/mol. The lowest BCUT2D eigenvalue weighted by Crippen LogP contribution is -1.90. The van der Waals surface area contributed by atoms with Crippen molar-refractivity contribution in [3.63, 3.8) is 0 Å². The first-order valence-corrected chi connectivity index (χ1v) is 5.51. The van der Waals surface area contributed by atoms with Gasteiger partial charge in [-0.1, -0.05) is 56.2 Å². The zero-order valence-electron chi connectivity index (χ0n) is 9.49. The van der Waals surface area contributed by atoms with Gasteiger partial charge in [0.1, 0.15) is 0 Å². The summed E-state index contributed by atoms with van der Waals surface area (Å²) in [6, 6.07) is 7.72. The number of carbonyl (C=O) groups excluding carboxylic acids is 1. The number of hydrogen-bond acceptors (Lipinski definition) is 1. The summed E-state index contributed by atoms with van der Waals surface area (Å²) in [5.41, 5.74) is 1.94. The number of unbranched alkanes of at least 4 members (excludes halogenated alkanes) is 2. The van der Waals surface area contributed by atoms with Gasteiger partial charge in [-0.2, -0.15) is 0 Å². The molecule has 0 heterocycles. The van der Waals surface area contributed by atoms with Crippen LogP contribution < -0.4 is 0 Å². The lowest BCUT2D eigenvalue weighted by molar-refractivity contribution is 0.101. The third-order valence-electron chi connectivity index (χ3n) is 2.35. The van der Waals surface area contributed by atoms with Crippen LogP contribution in [-0.4, -0.2) is 5.78 Å². The van der Waals surface area contributed by atoms with Crippen LogP contribution in [0, 0.1) is 0 Å². The number of allylic oxidation sites excluding steroid dienone is 1. The molecule has 0 saturated carbocycles. The maximum atomic E-state index is 11.0. The highest BCUT2D eigenvalue weighted by Crippen LogP contribution is 2.08. The van der Waals surface area contributed by atoms with Gasteiger partial charge in [-0.25, -0.2) is 0 Å². The molecule has 0 bridgehead atoms. The minimum atomic E-state index is 0.122. The Morgan fingerprint density at radius 2 is 1.93 bits per heavy atom. The maximum Gasteiger partial charge on any atom is 0.159 e. The Bertz CT molecular complexity index is 333. The van der Waals surface area contributed by atoms with Crippen LogP contribution in [0.5, 0.6) is 0 Å². The standard InChI is InChI=1S/C14H18O/c1-3-4-5-6-7-13-8-10-14(11-9-13)12(2)15/h6-11H,3-5H2,1-2H3/b7-6+. The predicted molar refractivity (Wildman–Crippen MR) is 65.0 cm³/mol. The average Bonchev–Trinajstić information content (AvgIpc) is 2.25. The van der Waals surface area contributed by atoms with E-state index in [9.17, 15) is 4.79 Å². The monoisotopic (exact) mass is 202 g/mol. The Hall–Kier alpha value is -1.37. The highest BCUT2D eigenvalue weighted by Gasteiger charge is 1.96. The van der Waals surface area contributed by atoms with E-state index in [1.807, 2.05) is 24.3 Å². The lowest BCUT2D eigenvalue weighted by atomic mass is 10.1. The second-order valence-electron chi connectivity index (χ2n) is 3.72. The first-order chi connectivity index (χ1) is 7.24. The number of benzene rings is 1. The maximum absolute atomic E-state index is 11.0. The zero-order chi connectivity index (χ0) is 11.1. The number of rotatable bonds is 5. The van der Waals surface area contributed by atoms with Gasteiger partial charge in [-0.15, -0.1) is 0 Å². The third kappa shape index (κ3) is 4.11. The Balaban J connectivity index is 2.56. The van der Waals surface area contributed by atoms with Crippen molar-refractivity contribution in [2.24, 2.45) is 0 Å². The van der Waals surface area contributed by atoms with E-state index in [1.165, 1.54) is 12.8 Å². The molecule has 15 heavy (non-hydrogen) atoms. The van der Waals surface area contributed by atoms with Crippen molar-refractivity contribution in [2.45, 2.75) is 33.1 Å². The van der Waals surface area contributed by atoms with E-state index in [2.05, 4.69) is 19.1 Å². The molecule has 0 fully saturated rings. The molecule has 0 saturated heterocycles. The Labute approximate surface area is 91.8 Å². The molecule has 0 atom stereocenters. The van der Waals surface area contributed by atoms with Crippen LogP contribution in [0.25, 0.3) is 6.08 Å². The first kappa shape index (κ1) is 11.7. The molecule has 0 N–H and O–H groups in total. The van der Waals surface area contributed by atoms with E-state index in [0.29, 0.717) is 0 Å². The Morgan fingerprint density at radius 3 is 2.47 bits per heavy atom. The second kappa shape index (κ2) is 6.18. The summed E-state index contributed by atoms with van der Waals surface area (Å²) in [7, 11) is 0. The van der Waals surface area contributed by atoms with Gasteiger partial charge in [-0.3, -0.25) is 4.79 Å². The number of hydrogen-bond donors (Lipinski definition) is 0. The highest BCUT2D eigenvalue weighted by molar-refractivity contribution is 5.94. The molecule has 0 aliphatic carbocycles. The van der Waals surface area contributed by atoms with Crippen molar-refractivity contribution in [1.82, 2.24) is 0 Å². The van der Waals surface area contributed by atoms with Crippen LogP contribution in [0.15, 0.2) is 30.3 Å². The smallest absolute Gasteiger partial charge is 0.159 e. The van der Waals surface area contributed by atoms with Crippen molar-refractivity contribution < 1.29 is 4.79 Å². The molecule has 1 aromatic carbocycles. The molecule has 0 aliphatic rings. The third-order valence-corrected chi connectivity index (χ3v) is 2.35. The molecule has 1 nitrogen and oxygen atoms in total. The minimum absolute atomic E-state index is 0.122. The first-order valence-electron chi connectivity index (χ1n) is 5.51. The molecule has 0 spiro atoms. The van der Waals surface area contributed by atoms with E-state index < -0.39 is 0 Å². The molecule has 0 aromatic heterocycles. The summed E-state index contributed by atoms with van der Waals surface area (Å²) in [5, 5.41) is 0. The van der Waals surface area contributed by atoms with Gasteiger partial charge < -0.3 is 0 Å². The molecule has 0 unspecified atom stereocenters. The van der Waals surface area contributed by atoms with Gasteiger partial charge in [-0.05, 0) is 18.9 Å². The van der Waals surface area contributed by atoms with Crippen LogP contribution in [-0.2, 0) is 0 Å². The summed E-state index contributed by atoms with van der Waals surface area (Å²) < 4.78 is 0. The fourth-order valence-corrected chi connectivity index (χ4v) is 1.37. The molecule has 1 heteroatoms. The summed E-state index contributed by atoms with van der Waals surface area (Å²) in [5.74, 6) is 0.122. The van der Waals surface area contributed by atoms with E-state index in [4.69, 9.17) is 0 Å². The van der Waals surface area contributed by atoms with E-state index in [1.54, 1.807) is 6.92 Å². The normalized spacial score (nSPS) is 10.8. The predicted octanol–water partition coefficient (Wildman–Crippen LogP) is 4.09. The minimum Gasteiger partial charge on any atom is -0.295 e. The second-order valence-corrected chi connectivity index (χ2v) is 3.72. The van der Waals surface area contributed by atoms with Crippen molar-refractivity contribution >= 4 is 11.9 Å². The topological polar surface area (TPSA) is 17.1 Å². The molecule has 1 rings (SSSR count). The number of ketones is 1. The van der Waals surface area contributed by atoms with Crippen molar-refractivity contribution in [2.75, 3.05) is 0 Å². The van der Waals surface area contributed by atoms with E-state index >= 15 is 0 Å². The van der Waals surface area contributed by atoms with Crippen LogP contribution in [0.4, 0.5) is 0 Å². The summed E-state index contributed by atoms with van der Waals surface area (Å²) >= 11 is 0. The molecule has 0 amide bonds. The van der Waals surface area contributed by atoms with Crippen LogP contribution in [0.3, 0.4) is 0 Å². The zero-order valence-corrected chi connectivity index (χ0v) is 9.49. The molecule has 80 valence electrons. The number of Topliss-reactive ketones (excluding diaryl/α,β-unsaturated/α-hetero) is 1. The van der Waals surface area contributed by atoms with Crippen LogP contribution >= 0.6 is 0 Å². The van der Waals surface area contributed by atoms with Crippen molar-refractivity contribution in [3.8, 4) is 0 Å². The van der Waals surface area contributed by atoms with E-state index in [-0.39, 0.29) is 5.78 Å². The molecule has 0 radical (unpaired) electrons. The average molecular weight is 202 g/mol. The largest absolute Gasteiger partial charge is 0.295 e. The van der Waals surface area contributed by atoms with Gasteiger partial charge in [0.25, 0.3) is 0 Å². The van der Waals surface area contributed by atoms with Crippen molar-refractivity contribution in [1.29, 1.82) is 0 Å². The lowest BCUT2D eigenvalue weighted by Gasteiger charge is -1.96. The number of carbonyl (C=O) groups is 1. The van der Waals surface area contributed by atoms with Crippen LogP contribution in [0.2, 0.25) is 0 Å². The Kier molecular flexibility index (Phi) is 4.82. The van der Waals surface area contributed by atoms with Gasteiger partial charge in [0.2, 0.25) is 0 Å². The highest BCUT2D eigenvalue weighted by atomic mass is 16.1. The quantitative estimate of drug-likeness (QED) is 0.519. The molecular formula is C14H18O. The molecule has 1 aromatic rings. The summed E-state index contributed by atoms with van der Waals surface area (Å²) in [4.78, 5) is 11.0. The SMILES string of the molecule is CCCC/C=C/c1ccc(C(C)=O)cc1. The van der Waals surface area contributed by atoms with Gasteiger partial charge >= 0.3 is 0 Å². The van der Waals surface area contributed by atoms with Gasteiger partial charge in [0, 0.05) is 5.56 Å². The fourth-order valence-electron chi connectivity index (χ4n) is 1.37. The summed E-state index contributed by atoms with van der Waals surface area (Å²) in [6.07, 6.45) is 7.90. The van der Waals surface area contributed by atoms with Gasteiger partial charge in [0.15, 0.2) is 5.78 Å². The fraction of sp³-hybridized carbons (Fsp3) is 0.357. The Morgan fingerprint density at radius 1 is 1.27 bits per heavy atom. The molecule has 0 aliphatic heterocycles. The van der Waals surface area contributed by atoms with Gasteiger partial charge in [0.05, 0.1) is 0 Å². The van der Waals surface area contributed by atoms with Crippen molar-refractivity contribution in [3.05, 3.63) is 41.5 Å².